The van der Waals surface area contributed by atoms with E-state index in [1.54, 1.807) is 23.3 Å². The Bertz CT molecular complexity index is 1520. The zero-order chi connectivity index (χ0) is 25.8. The summed E-state index contributed by atoms with van der Waals surface area (Å²) >= 11 is 1.74. The fourth-order valence-electron chi connectivity index (χ4n) is 4.97. The van der Waals surface area contributed by atoms with Crippen molar-refractivity contribution in [2.75, 3.05) is 0 Å². The van der Waals surface area contributed by atoms with Gasteiger partial charge in [-0.1, -0.05) is 84.0 Å². The number of halogens is 2. The van der Waals surface area contributed by atoms with Crippen LogP contribution in [-0.2, 0) is 23.3 Å². The van der Waals surface area contributed by atoms with E-state index in [0.29, 0.717) is 11.8 Å². The van der Waals surface area contributed by atoms with Crippen LogP contribution in [0, 0.1) is 19.1 Å². The maximum absolute atomic E-state index is 3.53. The predicted octanol–water partition coefficient (Wildman–Crippen LogP) is 2.74. The maximum Gasteiger partial charge on any atom is -0.0235 e. The van der Waals surface area contributed by atoms with E-state index in [1.807, 2.05) is 0 Å². The van der Waals surface area contributed by atoms with Crippen LogP contribution < -0.4 is 24.8 Å². The van der Waals surface area contributed by atoms with Crippen LogP contribution in [0.15, 0.2) is 126 Å². The van der Waals surface area contributed by atoms with Gasteiger partial charge < -0.3 is 24.8 Å². The van der Waals surface area contributed by atoms with Gasteiger partial charge in [-0.15, -0.1) is 88.1 Å². The molecule has 7 rings (SSSR count). The third kappa shape index (κ3) is 7.50. The average molecular weight is 641 g/mol. The second kappa shape index (κ2) is 14.4. The minimum absolute atomic E-state index is 0. The number of aryl methyl sites for hydroxylation is 1. The molecule has 0 nitrogen and oxygen atoms in total. The molecule has 39 heavy (non-hydrogen) atoms. The summed E-state index contributed by atoms with van der Waals surface area (Å²) in [6.07, 6.45) is 24.2. The van der Waals surface area contributed by atoms with Crippen molar-refractivity contribution in [3.63, 3.8) is 0 Å². The van der Waals surface area contributed by atoms with E-state index in [9.17, 15) is 0 Å². The molecule has 2 atom stereocenters. The maximum atomic E-state index is 3.53. The van der Waals surface area contributed by atoms with Gasteiger partial charge in [0.2, 0.25) is 0 Å². The van der Waals surface area contributed by atoms with Gasteiger partial charge in [0.1, 0.15) is 0 Å². The molecule has 0 bridgehead atoms. The number of hydrogen-bond acceptors (Lipinski definition) is 0. The van der Waals surface area contributed by atoms with E-state index < -0.39 is 0 Å². The Labute approximate surface area is 261 Å². The molecule has 0 saturated carbocycles. The van der Waals surface area contributed by atoms with Gasteiger partial charge in [0, 0.05) is 0 Å². The summed E-state index contributed by atoms with van der Waals surface area (Å²) in [6, 6.07) is 23.8. The first-order chi connectivity index (χ1) is 18.0. The van der Waals surface area contributed by atoms with Crippen molar-refractivity contribution in [2.24, 2.45) is 0 Å². The average Bonchev–Trinajstić information content (AvgIpc) is 3.46. The Morgan fingerprint density at radius 1 is 0.641 bits per heavy atom. The fourth-order valence-corrected chi connectivity index (χ4v) is 4.97. The van der Waals surface area contributed by atoms with Crippen LogP contribution in [0.25, 0.3) is 11.1 Å². The Kier molecular flexibility index (Phi) is 11.6. The fraction of sp³-hybridized carbons (Fsp3) is 0.143. The molecule has 3 aromatic rings. The van der Waals surface area contributed by atoms with Crippen LogP contribution >= 0.6 is 0 Å². The minimum Gasteiger partial charge on any atom is -1.00 e. The molecule has 0 heterocycles. The first kappa shape index (κ1) is 31.3. The largest absolute Gasteiger partial charge is 1.00 e. The van der Waals surface area contributed by atoms with Crippen molar-refractivity contribution < 1.29 is 48.1 Å². The van der Waals surface area contributed by atoms with Crippen molar-refractivity contribution in [1.29, 1.82) is 0 Å². The molecular formula is C35H30Cl2SiZr-2. The van der Waals surface area contributed by atoms with Crippen LogP contribution in [0.4, 0.5) is 0 Å². The molecule has 0 amide bonds. The standard InChI is InChI=1S/C19H13.C14H11.C2H6Si.2ClH.Zr/c1-2-6-14(7-3-1)15-10-11-19-17(12-15)13-16-8-4-5-9-18(16)19;1-10-6-7-14-12(8-10)9-11-4-2-3-5-13(11)14;1-3-2;;;/h1-12,18H;2-8,13H,1H3;1-2H3;2*1H;/q2*-1;;;;+2/p-2. The second-order valence-electron chi connectivity index (χ2n) is 9.86. The summed E-state index contributed by atoms with van der Waals surface area (Å²) in [5.41, 5.74) is 11.9. The molecule has 4 heteroatoms. The predicted molar refractivity (Wildman–Crippen MR) is 154 cm³/mol. The van der Waals surface area contributed by atoms with Gasteiger partial charge in [-0.2, -0.15) is 0 Å². The van der Waals surface area contributed by atoms with Crippen LogP contribution in [0.3, 0.4) is 0 Å². The summed E-state index contributed by atoms with van der Waals surface area (Å²) in [6.45, 7) is 6.74. The van der Waals surface area contributed by atoms with Crippen molar-refractivity contribution in [2.45, 2.75) is 31.9 Å². The summed E-state index contributed by atoms with van der Waals surface area (Å²) in [7, 11) is 0. The van der Waals surface area contributed by atoms with Crippen molar-refractivity contribution >= 4 is 5.43 Å². The number of benzene rings is 3. The quantitative estimate of drug-likeness (QED) is 0.284. The summed E-state index contributed by atoms with van der Waals surface area (Å²) in [5.74, 6) is 0.862. The molecule has 4 aliphatic carbocycles. The molecule has 0 spiro atoms. The van der Waals surface area contributed by atoms with Gasteiger partial charge in [0.15, 0.2) is 0 Å². The molecule has 194 valence electrons. The van der Waals surface area contributed by atoms with E-state index >= 15 is 0 Å². The smallest absolute Gasteiger partial charge is 0.0235 e. The Balaban J connectivity index is 0.000000187. The first-order valence-electron chi connectivity index (χ1n) is 12.8. The summed E-state index contributed by atoms with van der Waals surface area (Å²) < 4.78 is 0. The molecule has 4 aliphatic rings. The molecular weight excluding hydrogens is 611 g/mol. The molecule has 3 aromatic carbocycles. The number of hydrogen-bond donors (Lipinski definition) is 0. The van der Waals surface area contributed by atoms with Gasteiger partial charge in [-0.05, 0) is 24.3 Å². The first-order valence-corrected chi connectivity index (χ1v) is 19.0. The zero-order valence-electron chi connectivity index (χ0n) is 22.4. The zero-order valence-corrected chi connectivity index (χ0v) is 27.4. The minimum atomic E-state index is 0. The van der Waals surface area contributed by atoms with Crippen molar-refractivity contribution in [3.8, 4) is 11.1 Å². The molecule has 0 N–H and O–H groups in total. The van der Waals surface area contributed by atoms with E-state index in [-0.39, 0.29) is 30.2 Å². The van der Waals surface area contributed by atoms with E-state index in [4.69, 9.17) is 0 Å². The van der Waals surface area contributed by atoms with Crippen LogP contribution in [0.2, 0.25) is 13.1 Å². The third-order valence-electron chi connectivity index (χ3n) is 6.65. The number of fused-ring (bicyclic) bond motifs is 6. The van der Waals surface area contributed by atoms with Gasteiger partial charge in [0.05, 0.1) is 0 Å². The molecule has 0 aliphatic heterocycles. The number of rotatable bonds is 1. The molecule has 0 fully saturated rings. The van der Waals surface area contributed by atoms with Crippen molar-refractivity contribution in [3.05, 3.63) is 166 Å². The number of allylic oxidation sites excluding steroid dienone is 10. The summed E-state index contributed by atoms with van der Waals surface area (Å²) in [5, 5.41) is 0. The molecule has 0 radical (unpaired) electrons. The van der Waals surface area contributed by atoms with E-state index in [2.05, 4.69) is 148 Å². The Hall–Kier alpha value is -2.22. The molecule has 2 unspecified atom stereocenters. The monoisotopic (exact) mass is 638 g/mol. The second-order valence-corrected chi connectivity index (χ2v) is 19.2. The van der Waals surface area contributed by atoms with Gasteiger partial charge >= 0.3 is 41.9 Å². The summed E-state index contributed by atoms with van der Waals surface area (Å²) in [4.78, 5) is 0. The third-order valence-corrected chi connectivity index (χ3v) is 6.65. The Morgan fingerprint density at radius 3 is 1.72 bits per heavy atom. The molecule has 0 aromatic heterocycles. The van der Waals surface area contributed by atoms with Gasteiger partial charge in [-0.3, -0.25) is 0 Å². The normalized spacial score (nSPS) is 17.8. The SMILES string of the molecule is C[Si](C)=[Zr+2].Cc1ccc2c(c1)[C-]=C1C=CC=CC12.[C-]1=C2C=CC=CC2c2ccc(-c3ccccc3)cc21.[Cl-].[Cl-]. The van der Waals surface area contributed by atoms with Crippen LogP contribution in [-0.4, -0.2) is 5.43 Å². The van der Waals surface area contributed by atoms with E-state index in [0.717, 1.165) is 0 Å². The molecule has 0 saturated heterocycles. The van der Waals surface area contributed by atoms with Gasteiger partial charge in [-0.25, -0.2) is 0 Å². The topological polar surface area (TPSA) is 0 Å². The van der Waals surface area contributed by atoms with Gasteiger partial charge in [0.25, 0.3) is 0 Å². The van der Waals surface area contributed by atoms with Crippen molar-refractivity contribution in [1.82, 2.24) is 0 Å². The van der Waals surface area contributed by atoms with E-state index in [1.165, 1.54) is 50.1 Å². The van der Waals surface area contributed by atoms with Crippen LogP contribution in [0.5, 0.6) is 0 Å². The Morgan fingerprint density at radius 2 is 1.15 bits per heavy atom. The van der Waals surface area contributed by atoms with Crippen LogP contribution in [0.1, 0.15) is 39.7 Å².